The fourth-order valence-corrected chi connectivity index (χ4v) is 3.09. The van der Waals surface area contributed by atoms with Gasteiger partial charge in [0.2, 0.25) is 0 Å². The van der Waals surface area contributed by atoms with Gasteiger partial charge in [-0.3, -0.25) is 4.79 Å². The average Bonchev–Trinajstić information content (AvgIpc) is 2.15. The van der Waals surface area contributed by atoms with Crippen molar-refractivity contribution in [2.45, 2.75) is 64.9 Å². The van der Waals surface area contributed by atoms with Crippen molar-refractivity contribution in [2.75, 3.05) is 0 Å². The van der Waals surface area contributed by atoms with Gasteiger partial charge in [-0.2, -0.15) is 0 Å². The van der Waals surface area contributed by atoms with Crippen LogP contribution < -0.4 is 0 Å². The van der Waals surface area contributed by atoms with Crippen LogP contribution in [0.1, 0.15) is 59.3 Å². The summed E-state index contributed by atoms with van der Waals surface area (Å²) < 4.78 is 0. The van der Waals surface area contributed by atoms with Gasteiger partial charge >= 0.3 is 5.97 Å². The minimum Gasteiger partial charge on any atom is -0.481 e. The van der Waals surface area contributed by atoms with Gasteiger partial charge in [0.1, 0.15) is 0 Å². The molecule has 0 aliphatic heterocycles. The van der Waals surface area contributed by atoms with Crippen molar-refractivity contribution in [1.82, 2.24) is 0 Å². The van der Waals surface area contributed by atoms with E-state index in [1.807, 2.05) is 0 Å². The van der Waals surface area contributed by atoms with Crippen LogP contribution in [0.2, 0.25) is 0 Å². The Balaban J connectivity index is 2.84. The summed E-state index contributed by atoms with van der Waals surface area (Å²) in [5.74, 6) is -0.222. The van der Waals surface area contributed by atoms with Crippen molar-refractivity contribution in [2.24, 2.45) is 11.3 Å². The summed E-state index contributed by atoms with van der Waals surface area (Å²) >= 11 is 0. The molecular formula is C13H24O3. The zero-order valence-corrected chi connectivity index (χ0v) is 10.6. The molecule has 1 aliphatic rings. The lowest BCUT2D eigenvalue weighted by atomic mass is 9.64. The largest absolute Gasteiger partial charge is 0.481 e. The number of rotatable bonds is 4. The molecule has 1 aliphatic carbocycles. The number of aliphatic hydroxyl groups is 1. The molecule has 0 spiro atoms. The maximum atomic E-state index is 11.5. The van der Waals surface area contributed by atoms with Gasteiger partial charge < -0.3 is 10.2 Å². The van der Waals surface area contributed by atoms with E-state index < -0.39 is 17.0 Å². The van der Waals surface area contributed by atoms with Gasteiger partial charge in [0, 0.05) is 0 Å². The summed E-state index contributed by atoms with van der Waals surface area (Å²) in [7, 11) is 0. The monoisotopic (exact) mass is 228 g/mol. The number of hydrogen-bond donors (Lipinski definition) is 2. The van der Waals surface area contributed by atoms with E-state index in [0.29, 0.717) is 18.8 Å². The summed E-state index contributed by atoms with van der Waals surface area (Å²) in [6, 6.07) is 0. The second-order valence-corrected chi connectivity index (χ2v) is 5.95. The Hall–Kier alpha value is -0.570. The third kappa shape index (κ3) is 3.21. The van der Waals surface area contributed by atoms with E-state index >= 15 is 0 Å². The summed E-state index contributed by atoms with van der Waals surface area (Å²) in [6.45, 7) is 5.52. The molecule has 1 fully saturated rings. The third-order valence-corrected chi connectivity index (χ3v) is 3.75. The van der Waals surface area contributed by atoms with Gasteiger partial charge in [0.15, 0.2) is 0 Å². The highest BCUT2D eigenvalue weighted by atomic mass is 16.4. The first-order chi connectivity index (χ1) is 7.29. The Bertz CT molecular complexity index is 254. The van der Waals surface area contributed by atoms with Gasteiger partial charge in [0.25, 0.3) is 0 Å². The van der Waals surface area contributed by atoms with Gasteiger partial charge in [-0.25, -0.2) is 0 Å². The maximum absolute atomic E-state index is 11.5. The zero-order valence-electron chi connectivity index (χ0n) is 10.6. The Labute approximate surface area is 97.9 Å². The van der Waals surface area contributed by atoms with Crippen LogP contribution in [0.4, 0.5) is 0 Å². The topological polar surface area (TPSA) is 57.5 Å². The van der Waals surface area contributed by atoms with Gasteiger partial charge in [-0.05, 0) is 39.0 Å². The summed E-state index contributed by atoms with van der Waals surface area (Å²) in [5.41, 5.74) is -1.59. The highest BCUT2D eigenvalue weighted by molar-refractivity contribution is 5.75. The minimum absolute atomic E-state index is 0.367. The van der Waals surface area contributed by atoms with Crippen molar-refractivity contribution >= 4 is 5.97 Å². The average molecular weight is 228 g/mol. The number of carboxylic acids is 1. The lowest BCUT2D eigenvalue weighted by Gasteiger charge is -2.40. The highest BCUT2D eigenvalue weighted by Crippen LogP contribution is 2.45. The number of aliphatic carboxylic acids is 1. The normalized spacial score (nSPS) is 31.4. The van der Waals surface area contributed by atoms with Crippen LogP contribution in [0.5, 0.6) is 0 Å². The van der Waals surface area contributed by atoms with E-state index in [-0.39, 0.29) is 0 Å². The Kier molecular flexibility index (Phi) is 4.00. The number of carboxylic acid groups (broad SMARTS) is 1. The van der Waals surface area contributed by atoms with Crippen LogP contribution in [-0.2, 0) is 4.79 Å². The fraction of sp³-hybridized carbons (Fsp3) is 0.923. The molecule has 0 aromatic rings. The van der Waals surface area contributed by atoms with E-state index in [0.717, 1.165) is 25.7 Å². The third-order valence-electron chi connectivity index (χ3n) is 3.75. The van der Waals surface area contributed by atoms with Crippen LogP contribution in [0.25, 0.3) is 0 Å². The SMILES string of the molecule is CCC1CCCC(CC(C)(C)O)(C(=O)O)C1. The van der Waals surface area contributed by atoms with Crippen LogP contribution in [0.15, 0.2) is 0 Å². The smallest absolute Gasteiger partial charge is 0.309 e. The molecule has 1 rings (SSSR count). The summed E-state index contributed by atoms with van der Waals surface area (Å²) in [6.07, 6.45) is 4.96. The number of carbonyl (C=O) groups is 1. The molecule has 3 nitrogen and oxygen atoms in total. The second kappa shape index (κ2) is 4.74. The lowest BCUT2D eigenvalue weighted by Crippen LogP contribution is -2.42. The molecule has 2 N–H and O–H groups in total. The fourth-order valence-electron chi connectivity index (χ4n) is 3.09. The van der Waals surface area contributed by atoms with Crippen LogP contribution in [0.3, 0.4) is 0 Å². The number of hydrogen-bond acceptors (Lipinski definition) is 2. The predicted octanol–water partition coefficient (Wildman–Crippen LogP) is 2.82. The molecule has 1 saturated carbocycles. The molecule has 3 heteroatoms. The van der Waals surface area contributed by atoms with Gasteiger partial charge in [-0.15, -0.1) is 0 Å². The zero-order chi connectivity index (χ0) is 12.4. The van der Waals surface area contributed by atoms with E-state index in [9.17, 15) is 15.0 Å². The molecule has 0 amide bonds. The molecule has 0 radical (unpaired) electrons. The molecule has 0 aromatic carbocycles. The van der Waals surface area contributed by atoms with Gasteiger partial charge in [-0.1, -0.05) is 26.2 Å². The van der Waals surface area contributed by atoms with Crippen molar-refractivity contribution < 1.29 is 15.0 Å². The van der Waals surface area contributed by atoms with E-state index in [4.69, 9.17) is 0 Å². The Morgan fingerprint density at radius 2 is 2.12 bits per heavy atom. The van der Waals surface area contributed by atoms with Crippen molar-refractivity contribution in [3.8, 4) is 0 Å². The second-order valence-electron chi connectivity index (χ2n) is 5.95. The predicted molar refractivity (Wildman–Crippen MR) is 63.2 cm³/mol. The maximum Gasteiger partial charge on any atom is 0.309 e. The van der Waals surface area contributed by atoms with E-state index in [1.165, 1.54) is 0 Å². The molecule has 0 aromatic heterocycles. The standard InChI is InChI=1S/C13H24O3/c1-4-10-6-5-7-13(8-10,11(14)15)9-12(2,3)16/h10,16H,4-9H2,1-3H3,(H,14,15). The molecule has 2 unspecified atom stereocenters. The minimum atomic E-state index is -0.895. The Morgan fingerprint density at radius 3 is 2.56 bits per heavy atom. The summed E-state index contributed by atoms with van der Waals surface area (Å²) in [5, 5.41) is 19.3. The Morgan fingerprint density at radius 1 is 1.50 bits per heavy atom. The first-order valence-electron chi connectivity index (χ1n) is 6.25. The van der Waals surface area contributed by atoms with E-state index in [2.05, 4.69) is 6.92 Å². The van der Waals surface area contributed by atoms with Crippen LogP contribution in [0, 0.1) is 11.3 Å². The van der Waals surface area contributed by atoms with Crippen LogP contribution in [-0.4, -0.2) is 21.8 Å². The van der Waals surface area contributed by atoms with E-state index in [1.54, 1.807) is 13.8 Å². The van der Waals surface area contributed by atoms with Gasteiger partial charge in [0.05, 0.1) is 11.0 Å². The lowest BCUT2D eigenvalue weighted by molar-refractivity contribution is -0.157. The molecule has 94 valence electrons. The molecule has 16 heavy (non-hydrogen) atoms. The molecular weight excluding hydrogens is 204 g/mol. The van der Waals surface area contributed by atoms with Crippen molar-refractivity contribution in [3.05, 3.63) is 0 Å². The molecule has 0 saturated heterocycles. The molecule has 2 atom stereocenters. The summed E-state index contributed by atoms with van der Waals surface area (Å²) in [4.78, 5) is 11.5. The first kappa shape index (κ1) is 13.5. The van der Waals surface area contributed by atoms with Crippen LogP contribution >= 0.6 is 0 Å². The first-order valence-corrected chi connectivity index (χ1v) is 6.25. The molecule has 0 heterocycles. The van der Waals surface area contributed by atoms with Crippen molar-refractivity contribution in [1.29, 1.82) is 0 Å². The quantitative estimate of drug-likeness (QED) is 0.778. The highest BCUT2D eigenvalue weighted by Gasteiger charge is 2.45. The molecule has 0 bridgehead atoms. The van der Waals surface area contributed by atoms with Crippen molar-refractivity contribution in [3.63, 3.8) is 0 Å².